The molecule has 0 saturated carbocycles. The number of amides is 1. The third kappa shape index (κ3) is 5.18. The van der Waals surface area contributed by atoms with Crippen LogP contribution >= 0.6 is 11.6 Å². The third-order valence-electron chi connectivity index (χ3n) is 5.25. The molecule has 7 nitrogen and oxygen atoms in total. The van der Waals surface area contributed by atoms with Crippen molar-refractivity contribution in [3.8, 4) is 22.8 Å². The number of rotatable bonds is 7. The first kappa shape index (κ1) is 21.2. The SMILES string of the molecule is COc1ccccc1-c1cc(C(=O)N2CCN(CCOc3ccc(Cl)cc3)CC2)no1. The first-order valence-electron chi connectivity index (χ1n) is 10.1. The highest BCUT2D eigenvalue weighted by Crippen LogP contribution is 2.30. The Morgan fingerprint density at radius 1 is 1.10 bits per heavy atom. The number of halogens is 1. The molecule has 1 aromatic heterocycles. The van der Waals surface area contributed by atoms with Crippen molar-refractivity contribution < 1.29 is 18.8 Å². The van der Waals surface area contributed by atoms with Crippen LogP contribution in [0.1, 0.15) is 10.5 Å². The fraction of sp³-hybridized carbons (Fsp3) is 0.304. The Balaban J connectivity index is 1.27. The Hall–Kier alpha value is -3.03. The van der Waals surface area contributed by atoms with Gasteiger partial charge in [-0.05, 0) is 36.4 Å². The average molecular weight is 442 g/mol. The largest absolute Gasteiger partial charge is 0.496 e. The smallest absolute Gasteiger partial charge is 0.276 e. The molecule has 0 atom stereocenters. The fourth-order valence-corrected chi connectivity index (χ4v) is 3.64. The topological polar surface area (TPSA) is 68.0 Å². The van der Waals surface area contributed by atoms with Gasteiger partial charge in [-0.25, -0.2) is 0 Å². The molecular formula is C23H24ClN3O4. The number of hydrogen-bond donors (Lipinski definition) is 0. The number of benzene rings is 2. The molecule has 1 fully saturated rings. The Kier molecular flexibility index (Phi) is 6.74. The van der Waals surface area contributed by atoms with Gasteiger partial charge in [-0.1, -0.05) is 28.9 Å². The van der Waals surface area contributed by atoms with Crippen LogP contribution in [0.15, 0.2) is 59.1 Å². The molecule has 3 aromatic rings. The lowest BCUT2D eigenvalue weighted by molar-refractivity contribution is 0.0610. The molecule has 2 heterocycles. The van der Waals surface area contributed by atoms with Gasteiger partial charge >= 0.3 is 0 Å². The minimum Gasteiger partial charge on any atom is -0.496 e. The summed E-state index contributed by atoms with van der Waals surface area (Å²) in [6.45, 7) is 4.22. The van der Waals surface area contributed by atoms with Gasteiger partial charge in [0.05, 0.1) is 12.7 Å². The number of carbonyl (C=O) groups excluding carboxylic acids is 1. The van der Waals surface area contributed by atoms with Gasteiger partial charge in [0.15, 0.2) is 11.5 Å². The van der Waals surface area contributed by atoms with E-state index in [1.165, 1.54) is 0 Å². The van der Waals surface area contributed by atoms with E-state index < -0.39 is 0 Å². The van der Waals surface area contributed by atoms with E-state index in [0.717, 1.165) is 30.9 Å². The highest BCUT2D eigenvalue weighted by atomic mass is 35.5. The Labute approximate surface area is 186 Å². The molecule has 1 saturated heterocycles. The number of hydrogen-bond acceptors (Lipinski definition) is 6. The molecule has 0 N–H and O–H groups in total. The summed E-state index contributed by atoms with van der Waals surface area (Å²) in [4.78, 5) is 16.9. The van der Waals surface area contributed by atoms with E-state index in [-0.39, 0.29) is 5.91 Å². The Morgan fingerprint density at radius 2 is 1.84 bits per heavy atom. The predicted molar refractivity (Wildman–Crippen MR) is 118 cm³/mol. The van der Waals surface area contributed by atoms with Gasteiger partial charge < -0.3 is 18.9 Å². The third-order valence-corrected chi connectivity index (χ3v) is 5.50. The van der Waals surface area contributed by atoms with Crippen LogP contribution in [-0.4, -0.2) is 67.3 Å². The number of aromatic nitrogens is 1. The van der Waals surface area contributed by atoms with Crippen LogP contribution in [0.2, 0.25) is 5.02 Å². The average Bonchev–Trinajstić information content (AvgIpc) is 3.30. The lowest BCUT2D eigenvalue weighted by atomic mass is 10.1. The minimum atomic E-state index is -0.123. The van der Waals surface area contributed by atoms with E-state index in [1.54, 1.807) is 18.1 Å². The summed E-state index contributed by atoms with van der Waals surface area (Å²) in [7, 11) is 1.60. The zero-order valence-electron chi connectivity index (χ0n) is 17.3. The Bertz CT molecular complexity index is 1010. The van der Waals surface area contributed by atoms with Gasteiger partial charge in [0.2, 0.25) is 0 Å². The second kappa shape index (κ2) is 9.85. The van der Waals surface area contributed by atoms with Crippen molar-refractivity contribution in [1.29, 1.82) is 0 Å². The number of para-hydroxylation sites is 1. The van der Waals surface area contributed by atoms with E-state index >= 15 is 0 Å². The number of piperazine rings is 1. The fourth-order valence-electron chi connectivity index (χ4n) is 3.51. The van der Waals surface area contributed by atoms with Gasteiger partial charge in [-0.3, -0.25) is 9.69 Å². The second-order valence-electron chi connectivity index (χ2n) is 7.21. The van der Waals surface area contributed by atoms with E-state index in [0.29, 0.717) is 41.9 Å². The highest BCUT2D eigenvalue weighted by Gasteiger charge is 2.25. The molecule has 1 aliphatic rings. The molecule has 31 heavy (non-hydrogen) atoms. The first-order chi connectivity index (χ1) is 15.1. The molecule has 0 bridgehead atoms. The maximum atomic E-state index is 12.9. The van der Waals surface area contributed by atoms with Crippen LogP contribution in [0, 0.1) is 0 Å². The van der Waals surface area contributed by atoms with Crippen LogP contribution in [0.5, 0.6) is 11.5 Å². The molecular weight excluding hydrogens is 418 g/mol. The van der Waals surface area contributed by atoms with Crippen LogP contribution in [-0.2, 0) is 0 Å². The molecule has 0 spiro atoms. The summed E-state index contributed by atoms with van der Waals surface area (Å²) in [5, 5.41) is 4.68. The van der Waals surface area contributed by atoms with Gasteiger partial charge in [-0.15, -0.1) is 0 Å². The zero-order valence-corrected chi connectivity index (χ0v) is 18.0. The summed E-state index contributed by atoms with van der Waals surface area (Å²) in [6, 6.07) is 16.5. The van der Waals surface area contributed by atoms with Crippen molar-refractivity contribution in [2.45, 2.75) is 0 Å². The number of methoxy groups -OCH3 is 1. The molecule has 2 aromatic carbocycles. The monoisotopic (exact) mass is 441 g/mol. The molecule has 162 valence electrons. The van der Waals surface area contributed by atoms with E-state index in [2.05, 4.69) is 10.1 Å². The second-order valence-corrected chi connectivity index (χ2v) is 7.65. The summed E-state index contributed by atoms with van der Waals surface area (Å²) < 4.78 is 16.5. The van der Waals surface area contributed by atoms with Gasteiger partial charge in [-0.2, -0.15) is 0 Å². The minimum absolute atomic E-state index is 0.123. The summed E-state index contributed by atoms with van der Waals surface area (Å²) >= 11 is 5.89. The van der Waals surface area contributed by atoms with Crippen LogP contribution in [0.25, 0.3) is 11.3 Å². The zero-order chi connectivity index (χ0) is 21.6. The van der Waals surface area contributed by atoms with E-state index in [9.17, 15) is 4.79 Å². The highest BCUT2D eigenvalue weighted by molar-refractivity contribution is 6.30. The quantitative estimate of drug-likeness (QED) is 0.555. The van der Waals surface area contributed by atoms with Crippen molar-refractivity contribution in [1.82, 2.24) is 15.0 Å². The molecule has 0 radical (unpaired) electrons. The summed E-state index contributed by atoms with van der Waals surface area (Å²) in [6.07, 6.45) is 0. The Morgan fingerprint density at radius 3 is 2.58 bits per heavy atom. The van der Waals surface area contributed by atoms with Crippen LogP contribution in [0.4, 0.5) is 0 Å². The van der Waals surface area contributed by atoms with E-state index in [4.69, 9.17) is 25.6 Å². The maximum absolute atomic E-state index is 12.9. The van der Waals surface area contributed by atoms with Gasteiger partial charge in [0, 0.05) is 43.8 Å². The molecule has 0 unspecified atom stereocenters. The van der Waals surface area contributed by atoms with E-state index in [1.807, 2.05) is 48.5 Å². The molecule has 1 amide bonds. The predicted octanol–water partition coefficient (Wildman–Crippen LogP) is 3.84. The van der Waals surface area contributed by atoms with Crippen molar-refractivity contribution >= 4 is 17.5 Å². The van der Waals surface area contributed by atoms with Gasteiger partial charge in [0.1, 0.15) is 18.1 Å². The number of nitrogens with zero attached hydrogens (tertiary/aromatic N) is 3. The number of ether oxygens (including phenoxy) is 2. The number of carbonyl (C=O) groups is 1. The molecule has 8 heteroatoms. The molecule has 4 rings (SSSR count). The molecule has 1 aliphatic heterocycles. The normalized spacial score (nSPS) is 14.5. The van der Waals surface area contributed by atoms with Crippen LogP contribution in [0.3, 0.4) is 0 Å². The summed E-state index contributed by atoms with van der Waals surface area (Å²) in [5.41, 5.74) is 1.07. The summed E-state index contributed by atoms with van der Waals surface area (Å²) in [5.74, 6) is 1.86. The van der Waals surface area contributed by atoms with Crippen molar-refractivity contribution in [3.63, 3.8) is 0 Å². The lowest BCUT2D eigenvalue weighted by Gasteiger charge is -2.34. The van der Waals surface area contributed by atoms with Crippen molar-refractivity contribution in [2.24, 2.45) is 0 Å². The lowest BCUT2D eigenvalue weighted by Crippen LogP contribution is -2.49. The first-order valence-corrected chi connectivity index (χ1v) is 10.5. The maximum Gasteiger partial charge on any atom is 0.276 e. The van der Waals surface area contributed by atoms with Crippen molar-refractivity contribution in [3.05, 3.63) is 65.3 Å². The van der Waals surface area contributed by atoms with Gasteiger partial charge in [0.25, 0.3) is 5.91 Å². The standard InChI is InChI=1S/C23H24ClN3O4/c1-29-21-5-3-2-4-19(21)22-16-20(25-31-22)23(28)27-12-10-26(11-13-27)14-15-30-18-8-6-17(24)7-9-18/h2-9,16H,10-15H2,1H3. The van der Waals surface area contributed by atoms with Crippen molar-refractivity contribution in [2.75, 3.05) is 46.4 Å². The van der Waals surface area contributed by atoms with Crippen LogP contribution < -0.4 is 9.47 Å². The molecule has 0 aliphatic carbocycles.